The number of hydrogen-bond donors (Lipinski definition) is 2. The Balaban J connectivity index is 1.99. The molecule has 0 unspecified atom stereocenters. The highest BCUT2D eigenvalue weighted by Crippen LogP contribution is 2.30. The third-order valence-corrected chi connectivity index (χ3v) is 6.44. The molecule has 0 atom stereocenters. The topological polar surface area (TPSA) is 101 Å². The predicted octanol–water partition coefficient (Wildman–Crippen LogP) is 4.96. The zero-order chi connectivity index (χ0) is 24.4. The number of aromatic nitrogens is 2. The van der Waals surface area contributed by atoms with Gasteiger partial charge in [0.25, 0.3) is 10.0 Å². The maximum atomic E-state index is 14.4. The van der Waals surface area contributed by atoms with Crippen molar-refractivity contribution in [2.75, 3.05) is 0 Å². The molecule has 9 heteroatoms. The van der Waals surface area contributed by atoms with Gasteiger partial charge in [-0.3, -0.25) is 0 Å². The Morgan fingerprint density at radius 3 is 2.36 bits per heavy atom. The second kappa shape index (κ2) is 9.35. The summed E-state index contributed by atoms with van der Waals surface area (Å²) < 4.78 is 43.0. The van der Waals surface area contributed by atoms with Gasteiger partial charge < -0.3 is 9.67 Å². The summed E-state index contributed by atoms with van der Waals surface area (Å²) in [5, 5.41) is 8.96. The molecule has 0 fully saturated rings. The average Bonchev–Trinajstić information content (AvgIpc) is 3.15. The van der Waals surface area contributed by atoms with Crippen LogP contribution in [0.1, 0.15) is 44.6 Å². The molecule has 0 radical (unpaired) electrons. The summed E-state index contributed by atoms with van der Waals surface area (Å²) in [6, 6.07) is 12.1. The van der Waals surface area contributed by atoms with Crippen molar-refractivity contribution in [1.82, 2.24) is 14.3 Å². The van der Waals surface area contributed by atoms with E-state index in [4.69, 9.17) is 5.11 Å². The molecule has 0 aliphatic heterocycles. The average molecular weight is 474 g/mol. The van der Waals surface area contributed by atoms with Crippen LogP contribution < -0.4 is 4.72 Å². The van der Waals surface area contributed by atoms with Crippen LogP contribution in [0.25, 0.3) is 11.1 Å². The van der Waals surface area contributed by atoms with Crippen molar-refractivity contribution < 1.29 is 22.7 Å². The smallest absolute Gasteiger partial charge is 0.418 e. The summed E-state index contributed by atoms with van der Waals surface area (Å²) in [5.41, 5.74) is 1.30. The summed E-state index contributed by atoms with van der Waals surface area (Å²) >= 11 is 0. The van der Waals surface area contributed by atoms with Crippen LogP contribution in [0.5, 0.6) is 0 Å². The van der Waals surface area contributed by atoms with Gasteiger partial charge in [0.2, 0.25) is 0 Å². The molecule has 3 rings (SSSR count). The molecule has 0 bridgehead atoms. The molecule has 1 amide bonds. The number of halogens is 1. The Bertz CT molecular complexity index is 1240. The minimum atomic E-state index is -4.26. The number of imidazole rings is 1. The van der Waals surface area contributed by atoms with Crippen LogP contribution in [0, 0.1) is 5.92 Å². The molecule has 7 nitrogen and oxygen atoms in total. The maximum absolute atomic E-state index is 14.4. The van der Waals surface area contributed by atoms with E-state index in [1.54, 1.807) is 45.9 Å². The number of benzene rings is 2. The Morgan fingerprint density at radius 1 is 1.15 bits per heavy atom. The first-order valence-electron chi connectivity index (χ1n) is 10.6. The summed E-state index contributed by atoms with van der Waals surface area (Å²) in [4.78, 5) is 15.0. The number of rotatable bonds is 8. The number of nitrogens with one attached hydrogen (secondary N) is 1. The molecule has 33 heavy (non-hydrogen) atoms. The van der Waals surface area contributed by atoms with Crippen LogP contribution in [-0.4, -0.2) is 29.2 Å². The van der Waals surface area contributed by atoms with E-state index in [2.05, 4.69) is 18.8 Å². The third-order valence-electron chi connectivity index (χ3n) is 5.06. The van der Waals surface area contributed by atoms with E-state index < -0.39 is 21.8 Å². The highest BCUT2D eigenvalue weighted by atomic mass is 32.2. The molecule has 2 aromatic carbocycles. The van der Waals surface area contributed by atoms with Crippen molar-refractivity contribution >= 4 is 16.1 Å². The third kappa shape index (κ3) is 5.98. The molecule has 0 aliphatic rings. The molecule has 0 aliphatic carbocycles. The fourth-order valence-electron chi connectivity index (χ4n) is 3.74. The molecule has 176 valence electrons. The minimum Gasteiger partial charge on any atom is -0.464 e. The molecule has 0 saturated carbocycles. The fourth-order valence-corrected chi connectivity index (χ4v) is 4.80. The van der Waals surface area contributed by atoms with Crippen molar-refractivity contribution in [2.45, 2.75) is 51.2 Å². The molecule has 0 spiro atoms. The first-order valence-corrected chi connectivity index (χ1v) is 12.0. The summed E-state index contributed by atoms with van der Waals surface area (Å²) in [6.07, 6.45) is 2.37. The lowest BCUT2D eigenvalue weighted by Crippen LogP contribution is -2.29. The lowest BCUT2D eigenvalue weighted by atomic mass is 9.97. The number of sulfonamides is 1. The quantitative estimate of drug-likeness (QED) is 0.482. The highest BCUT2D eigenvalue weighted by molar-refractivity contribution is 7.90. The van der Waals surface area contributed by atoms with E-state index in [1.165, 1.54) is 19.9 Å². The monoisotopic (exact) mass is 473 g/mol. The standard InChI is InChI=1S/C24H28FN3O4S/c1-16(2)13-18-7-10-21(33(31,32)27-23(29)30)20(14-18)19-8-5-17(6-9-19)15-28-12-11-26-22(28)24(3,4)25/h5-12,14,16,27H,13,15H2,1-4H3,(H,29,30). The number of carbonyl (C=O) groups is 1. The van der Waals surface area contributed by atoms with Gasteiger partial charge in [-0.1, -0.05) is 44.2 Å². The summed E-state index contributed by atoms with van der Waals surface area (Å²) in [7, 11) is -4.26. The van der Waals surface area contributed by atoms with Gasteiger partial charge in [0.05, 0.1) is 4.90 Å². The van der Waals surface area contributed by atoms with E-state index in [9.17, 15) is 17.6 Å². The maximum Gasteiger partial charge on any atom is 0.418 e. The molecule has 0 saturated heterocycles. The van der Waals surface area contributed by atoms with Crippen LogP contribution in [0.4, 0.5) is 9.18 Å². The first kappa shape index (κ1) is 24.4. The highest BCUT2D eigenvalue weighted by Gasteiger charge is 2.25. The van der Waals surface area contributed by atoms with Crippen molar-refractivity contribution in [3.8, 4) is 11.1 Å². The predicted molar refractivity (Wildman–Crippen MR) is 124 cm³/mol. The SMILES string of the molecule is CC(C)Cc1ccc(S(=O)(=O)NC(=O)O)c(-c2ccc(Cn3ccnc3C(C)(C)F)cc2)c1. The molecule has 3 aromatic rings. The van der Waals surface area contributed by atoms with Crippen molar-refractivity contribution in [1.29, 1.82) is 0 Å². The van der Waals surface area contributed by atoms with Gasteiger partial charge in [-0.15, -0.1) is 0 Å². The Kier molecular flexibility index (Phi) is 6.92. The van der Waals surface area contributed by atoms with Crippen LogP contribution in [0.2, 0.25) is 0 Å². The van der Waals surface area contributed by atoms with Gasteiger partial charge >= 0.3 is 6.09 Å². The molecular formula is C24H28FN3O4S. The van der Waals surface area contributed by atoms with Crippen LogP contribution >= 0.6 is 0 Å². The molecule has 1 aromatic heterocycles. The molecule has 1 heterocycles. The van der Waals surface area contributed by atoms with E-state index in [1.807, 2.05) is 12.1 Å². The number of nitrogens with zero attached hydrogens (tertiary/aromatic N) is 2. The van der Waals surface area contributed by atoms with Crippen LogP contribution in [-0.2, 0) is 28.7 Å². The van der Waals surface area contributed by atoms with Gasteiger partial charge in [0, 0.05) is 24.5 Å². The normalized spacial score (nSPS) is 12.2. The second-order valence-corrected chi connectivity index (χ2v) is 10.5. The van der Waals surface area contributed by atoms with E-state index >= 15 is 0 Å². The fraction of sp³-hybridized carbons (Fsp3) is 0.333. The van der Waals surface area contributed by atoms with Crippen molar-refractivity contribution in [3.63, 3.8) is 0 Å². The number of amides is 1. The van der Waals surface area contributed by atoms with Gasteiger partial charge in [-0.05, 0) is 55.0 Å². The zero-order valence-corrected chi connectivity index (χ0v) is 19.9. The zero-order valence-electron chi connectivity index (χ0n) is 19.0. The number of alkyl halides is 1. The minimum absolute atomic E-state index is 0.110. The van der Waals surface area contributed by atoms with Crippen molar-refractivity contribution in [2.24, 2.45) is 5.92 Å². The number of hydrogen-bond acceptors (Lipinski definition) is 4. The molecular weight excluding hydrogens is 445 g/mol. The Labute approximate surface area is 193 Å². The van der Waals surface area contributed by atoms with Crippen molar-refractivity contribution in [3.05, 3.63) is 71.8 Å². The largest absolute Gasteiger partial charge is 0.464 e. The Hall–Kier alpha value is -3.20. The summed E-state index contributed by atoms with van der Waals surface area (Å²) in [5.74, 6) is 0.685. The Morgan fingerprint density at radius 2 is 1.79 bits per heavy atom. The van der Waals surface area contributed by atoms with Gasteiger partial charge in [0.1, 0.15) is 5.82 Å². The first-order chi connectivity index (χ1) is 15.4. The second-order valence-electron chi connectivity index (χ2n) is 8.89. The van der Waals surface area contributed by atoms with E-state index in [-0.39, 0.29) is 4.90 Å². The lowest BCUT2D eigenvalue weighted by molar-refractivity contribution is 0.199. The summed E-state index contributed by atoms with van der Waals surface area (Å²) in [6.45, 7) is 7.43. The van der Waals surface area contributed by atoms with Crippen LogP contribution in [0.15, 0.2) is 59.8 Å². The van der Waals surface area contributed by atoms with Gasteiger partial charge in [0.15, 0.2) is 5.67 Å². The van der Waals surface area contributed by atoms with E-state index in [0.29, 0.717) is 29.4 Å². The lowest BCUT2D eigenvalue weighted by Gasteiger charge is -2.17. The van der Waals surface area contributed by atoms with Crippen LogP contribution in [0.3, 0.4) is 0 Å². The van der Waals surface area contributed by atoms with Gasteiger partial charge in [-0.25, -0.2) is 27.3 Å². The molecule has 2 N–H and O–H groups in total. The van der Waals surface area contributed by atoms with E-state index in [0.717, 1.165) is 17.5 Å². The van der Waals surface area contributed by atoms with Gasteiger partial charge in [-0.2, -0.15) is 0 Å². The number of carboxylic acid groups (broad SMARTS) is 1.